The molecular formula is C19H27BF4NO3PS. The van der Waals surface area contributed by atoms with Crippen LogP contribution < -0.4 is 10.2 Å². The summed E-state index contributed by atoms with van der Waals surface area (Å²) >= 11 is 0. The second-order valence-corrected chi connectivity index (χ2v) is 13.3. The summed E-state index contributed by atoms with van der Waals surface area (Å²) < 4.78 is 71.5. The van der Waals surface area contributed by atoms with Gasteiger partial charge in [0.15, 0.2) is 9.46 Å². The first kappa shape index (κ1) is 24.9. The standard InChI is InChI=1S/C17H21BF4NO3PS.C2H6/c1-16(2)17(3,4)26-18(25-16)14-6-5-11-23-15(14)24-12-7-9-13(10-8-12)28(19,20,21,22)27;1-2/h5-11H,27H2,1-4H3;1-2H3. The van der Waals surface area contributed by atoms with E-state index in [1.807, 2.05) is 41.5 Å². The van der Waals surface area contributed by atoms with E-state index in [4.69, 9.17) is 14.0 Å². The number of aromatic nitrogens is 1. The van der Waals surface area contributed by atoms with E-state index in [1.54, 1.807) is 12.1 Å². The Bertz CT molecular complexity index is 893. The predicted octanol–water partition coefficient (Wildman–Crippen LogP) is 6.76. The number of rotatable bonds is 4. The molecule has 0 N–H and O–H groups in total. The molecule has 0 spiro atoms. The maximum Gasteiger partial charge on any atom is 0.500 e. The summed E-state index contributed by atoms with van der Waals surface area (Å²) in [6.45, 7) is 11.6. The van der Waals surface area contributed by atoms with Gasteiger partial charge in [-0.3, -0.25) is 0 Å². The van der Waals surface area contributed by atoms with Crippen LogP contribution in [-0.4, -0.2) is 23.3 Å². The molecule has 4 nitrogen and oxygen atoms in total. The second kappa shape index (κ2) is 7.36. The van der Waals surface area contributed by atoms with E-state index in [1.165, 1.54) is 6.20 Å². The highest BCUT2D eigenvalue weighted by molar-refractivity contribution is 8.81. The summed E-state index contributed by atoms with van der Waals surface area (Å²) in [6, 6.07) is 6.74. The number of pyridine rings is 1. The Hall–Kier alpha value is -1.35. The Morgan fingerprint density at radius 1 is 0.933 bits per heavy atom. The zero-order valence-electron chi connectivity index (χ0n) is 17.8. The van der Waals surface area contributed by atoms with Crippen molar-refractivity contribution >= 4 is 30.5 Å². The van der Waals surface area contributed by atoms with Crippen molar-refractivity contribution in [3.63, 3.8) is 0 Å². The van der Waals surface area contributed by atoms with E-state index in [0.29, 0.717) is 26.0 Å². The molecule has 11 heteroatoms. The van der Waals surface area contributed by atoms with Crippen LogP contribution in [0, 0.1) is 0 Å². The zero-order valence-corrected chi connectivity index (χ0v) is 19.8. The number of hydrogen-bond donors (Lipinski definition) is 0. The van der Waals surface area contributed by atoms with Crippen LogP contribution in [-0.2, 0) is 9.31 Å². The SMILES string of the molecule is CC.CC1(C)OB(c2cccnc2Oc2ccc(S(F)(F)(F)(F)P)cc2)OC1(C)C. The number of benzene rings is 1. The lowest BCUT2D eigenvalue weighted by atomic mass is 9.80. The van der Waals surface area contributed by atoms with E-state index in [0.717, 1.165) is 12.1 Å². The molecule has 1 aromatic carbocycles. The Labute approximate surface area is 177 Å². The minimum absolute atomic E-state index is 0.0760. The van der Waals surface area contributed by atoms with Crippen LogP contribution in [0.1, 0.15) is 41.5 Å². The van der Waals surface area contributed by atoms with Gasteiger partial charge in [-0.05, 0) is 58.0 Å². The third kappa shape index (κ3) is 5.47. The molecule has 0 saturated carbocycles. The van der Waals surface area contributed by atoms with Crippen molar-refractivity contribution in [2.24, 2.45) is 0 Å². The molecule has 1 fully saturated rings. The van der Waals surface area contributed by atoms with Crippen molar-refractivity contribution in [1.29, 1.82) is 0 Å². The molecular weight excluding hydrogens is 440 g/mol. The minimum Gasteiger partial charge on any atom is -0.439 e. The van der Waals surface area contributed by atoms with Crippen LogP contribution in [0.3, 0.4) is 0 Å². The van der Waals surface area contributed by atoms with Gasteiger partial charge in [-0.2, -0.15) is 0 Å². The summed E-state index contributed by atoms with van der Waals surface area (Å²) in [5.74, 6) is 0.207. The maximum atomic E-state index is 13.5. The second-order valence-electron chi connectivity index (χ2n) is 7.69. The van der Waals surface area contributed by atoms with Crippen molar-refractivity contribution in [3.8, 4) is 11.6 Å². The molecule has 2 heterocycles. The van der Waals surface area contributed by atoms with E-state index >= 15 is 0 Å². The fourth-order valence-corrected chi connectivity index (χ4v) is 3.72. The Kier molecular flexibility index (Phi) is 6.12. The zero-order chi connectivity index (χ0) is 23.1. The van der Waals surface area contributed by atoms with Gasteiger partial charge in [-0.15, -0.1) is 15.5 Å². The van der Waals surface area contributed by atoms with Gasteiger partial charge in [0.2, 0.25) is 5.88 Å². The van der Waals surface area contributed by atoms with Gasteiger partial charge >= 0.3 is 7.12 Å². The molecule has 3 rings (SSSR count). The summed E-state index contributed by atoms with van der Waals surface area (Å²) in [5, 5.41) is 0. The molecule has 1 atom stereocenters. The molecule has 30 heavy (non-hydrogen) atoms. The summed E-state index contributed by atoms with van der Waals surface area (Å²) in [4.78, 5) is 2.78. The largest absolute Gasteiger partial charge is 0.500 e. The van der Waals surface area contributed by atoms with Gasteiger partial charge in [0.05, 0.1) is 16.1 Å². The van der Waals surface area contributed by atoms with Gasteiger partial charge in [0, 0.05) is 20.1 Å². The normalized spacial score (nSPS) is 19.9. The third-order valence-corrected chi connectivity index (χ3v) is 6.91. The number of hydrogen-bond acceptors (Lipinski definition) is 4. The number of ether oxygens (including phenoxy) is 1. The third-order valence-electron chi connectivity index (χ3n) is 4.84. The molecule has 1 aromatic heterocycles. The quantitative estimate of drug-likeness (QED) is 0.283. The number of nitrogens with zero attached hydrogens (tertiary/aromatic N) is 1. The topological polar surface area (TPSA) is 40.6 Å². The number of halogens is 4. The molecule has 168 valence electrons. The van der Waals surface area contributed by atoms with Gasteiger partial charge in [0.25, 0.3) is 0 Å². The summed E-state index contributed by atoms with van der Waals surface area (Å²) in [6.07, 6.45) is 1.48. The predicted molar refractivity (Wildman–Crippen MR) is 118 cm³/mol. The highest BCUT2D eigenvalue weighted by atomic mass is 32.9. The van der Waals surface area contributed by atoms with Crippen molar-refractivity contribution < 1.29 is 29.6 Å². The molecule has 0 radical (unpaired) electrons. The monoisotopic (exact) mass is 467 g/mol. The first-order valence-electron chi connectivity index (χ1n) is 9.39. The van der Waals surface area contributed by atoms with Crippen molar-refractivity contribution in [2.75, 3.05) is 0 Å². The van der Waals surface area contributed by atoms with Gasteiger partial charge in [0.1, 0.15) is 5.75 Å². The average molecular weight is 467 g/mol. The Morgan fingerprint density at radius 3 is 1.90 bits per heavy atom. The van der Waals surface area contributed by atoms with Crippen molar-refractivity contribution in [3.05, 3.63) is 42.6 Å². The van der Waals surface area contributed by atoms with Crippen LogP contribution in [0.25, 0.3) is 0 Å². The first-order chi connectivity index (χ1) is 13.5. The molecule has 1 aliphatic rings. The highest BCUT2D eigenvalue weighted by Gasteiger charge is 2.59. The van der Waals surface area contributed by atoms with Crippen LogP contribution in [0.2, 0.25) is 0 Å². The van der Waals surface area contributed by atoms with Gasteiger partial charge < -0.3 is 14.0 Å². The summed E-state index contributed by atoms with van der Waals surface area (Å²) in [5.41, 5.74) is -0.657. The van der Waals surface area contributed by atoms with Crippen molar-refractivity contribution in [1.82, 2.24) is 4.98 Å². The molecule has 0 aliphatic carbocycles. The highest BCUT2D eigenvalue weighted by Crippen LogP contribution is 3.05. The lowest BCUT2D eigenvalue weighted by molar-refractivity contribution is 0.00578. The van der Waals surface area contributed by atoms with Gasteiger partial charge in [-0.25, -0.2) is 4.98 Å². The molecule has 1 aliphatic heterocycles. The van der Waals surface area contributed by atoms with Crippen LogP contribution in [0.15, 0.2) is 47.5 Å². The lowest BCUT2D eigenvalue weighted by Gasteiger charge is -2.45. The first-order valence-corrected chi connectivity index (χ1v) is 12.9. The van der Waals surface area contributed by atoms with Crippen LogP contribution >= 0.6 is 17.9 Å². The fourth-order valence-electron chi connectivity index (χ4n) is 2.54. The fraction of sp³-hybridized carbons (Fsp3) is 0.421. The Morgan fingerprint density at radius 2 is 1.43 bits per heavy atom. The average Bonchev–Trinajstić information content (AvgIpc) is 2.83. The van der Waals surface area contributed by atoms with E-state index in [-0.39, 0.29) is 11.6 Å². The van der Waals surface area contributed by atoms with Crippen LogP contribution in [0.5, 0.6) is 11.6 Å². The molecule has 2 aromatic rings. The smallest absolute Gasteiger partial charge is 0.439 e. The lowest BCUT2D eigenvalue weighted by Crippen LogP contribution is -2.41. The van der Waals surface area contributed by atoms with E-state index in [9.17, 15) is 15.5 Å². The summed E-state index contributed by atoms with van der Waals surface area (Å²) in [7, 11) is -8.65. The van der Waals surface area contributed by atoms with E-state index in [2.05, 4.69) is 4.98 Å². The van der Waals surface area contributed by atoms with Crippen molar-refractivity contribution in [2.45, 2.75) is 57.6 Å². The van der Waals surface area contributed by atoms with Crippen LogP contribution in [0.4, 0.5) is 15.5 Å². The molecule has 1 saturated heterocycles. The van der Waals surface area contributed by atoms with E-state index < -0.39 is 32.7 Å². The minimum atomic E-state index is -8.32. The van der Waals surface area contributed by atoms with Gasteiger partial charge in [-0.1, -0.05) is 19.9 Å². The maximum absolute atomic E-state index is 13.5. The molecule has 0 bridgehead atoms. The Balaban J connectivity index is 0.00000155. The molecule has 0 amide bonds. The molecule has 1 unspecified atom stereocenters.